The molecule has 3 rings (SSSR count). The van der Waals surface area contributed by atoms with E-state index in [0.29, 0.717) is 30.3 Å². The molecule has 3 aromatic rings. The Bertz CT molecular complexity index is 1200. The first-order valence-electron chi connectivity index (χ1n) is 10.3. The highest BCUT2D eigenvalue weighted by molar-refractivity contribution is 6.32. The van der Waals surface area contributed by atoms with Crippen LogP contribution in [0, 0.1) is 6.92 Å². The Hall–Kier alpha value is -3.52. The summed E-state index contributed by atoms with van der Waals surface area (Å²) in [6, 6.07) is 15.2. The van der Waals surface area contributed by atoms with Gasteiger partial charge in [-0.2, -0.15) is 18.3 Å². The summed E-state index contributed by atoms with van der Waals surface area (Å²) in [5.74, 6) is -0.0138. The lowest BCUT2D eigenvalue weighted by Gasteiger charge is -2.14. The maximum Gasteiger partial charge on any atom is 0.416 e. The van der Waals surface area contributed by atoms with Crippen LogP contribution in [0.2, 0.25) is 5.02 Å². The zero-order valence-electron chi connectivity index (χ0n) is 18.4. The van der Waals surface area contributed by atoms with Crippen LogP contribution in [0.5, 0.6) is 11.5 Å². The summed E-state index contributed by atoms with van der Waals surface area (Å²) in [7, 11) is 0. The standard InChI is InChI=1S/C25H22ClF3N2O3/c1-3-33-22-12-18(11-21(26)23(22)34-15-17-7-4-6-16(2)10-17)14-30-31-24(32)19-8-5-9-20(13-19)25(27,28)29/h4-14H,3,15H2,1-2H3,(H,31,32)/b30-14-. The molecule has 0 heterocycles. The molecule has 3 aromatic carbocycles. The quantitative estimate of drug-likeness (QED) is 0.293. The molecule has 0 saturated heterocycles. The molecule has 1 N–H and O–H groups in total. The predicted octanol–water partition coefficient (Wildman–Crippen LogP) is 6.41. The van der Waals surface area contributed by atoms with Crippen LogP contribution in [0.4, 0.5) is 13.2 Å². The number of hydrogen-bond donors (Lipinski definition) is 1. The van der Waals surface area contributed by atoms with Gasteiger partial charge in [0.25, 0.3) is 5.91 Å². The van der Waals surface area contributed by atoms with Gasteiger partial charge < -0.3 is 9.47 Å². The Morgan fingerprint density at radius 2 is 1.85 bits per heavy atom. The number of carbonyl (C=O) groups excluding carboxylic acids is 1. The second kappa shape index (κ2) is 11.1. The Morgan fingerprint density at radius 1 is 1.09 bits per heavy atom. The highest BCUT2D eigenvalue weighted by Gasteiger charge is 2.30. The van der Waals surface area contributed by atoms with Crippen molar-refractivity contribution in [1.29, 1.82) is 0 Å². The molecule has 0 aliphatic rings. The molecule has 0 fully saturated rings. The van der Waals surface area contributed by atoms with E-state index in [1.807, 2.05) is 38.1 Å². The molecule has 9 heteroatoms. The monoisotopic (exact) mass is 490 g/mol. The lowest BCUT2D eigenvalue weighted by Crippen LogP contribution is -2.18. The van der Waals surface area contributed by atoms with Crippen LogP contribution < -0.4 is 14.9 Å². The minimum Gasteiger partial charge on any atom is -0.490 e. The highest BCUT2D eigenvalue weighted by Crippen LogP contribution is 2.37. The van der Waals surface area contributed by atoms with Gasteiger partial charge in [-0.1, -0.05) is 47.5 Å². The maximum atomic E-state index is 12.8. The Kier molecular flexibility index (Phi) is 8.17. The van der Waals surface area contributed by atoms with Crippen LogP contribution >= 0.6 is 11.6 Å². The molecule has 1 amide bonds. The minimum atomic E-state index is -4.55. The molecule has 0 aliphatic heterocycles. The van der Waals surface area contributed by atoms with E-state index in [1.165, 1.54) is 12.3 Å². The summed E-state index contributed by atoms with van der Waals surface area (Å²) < 4.78 is 50.1. The average molecular weight is 491 g/mol. The largest absolute Gasteiger partial charge is 0.490 e. The minimum absolute atomic E-state index is 0.167. The van der Waals surface area contributed by atoms with Crippen molar-refractivity contribution in [3.63, 3.8) is 0 Å². The van der Waals surface area contributed by atoms with Gasteiger partial charge in [0.2, 0.25) is 0 Å². The van der Waals surface area contributed by atoms with Crippen molar-refractivity contribution < 1.29 is 27.4 Å². The van der Waals surface area contributed by atoms with Crippen molar-refractivity contribution >= 4 is 23.7 Å². The van der Waals surface area contributed by atoms with Crippen LogP contribution in [0.25, 0.3) is 0 Å². The van der Waals surface area contributed by atoms with E-state index in [1.54, 1.807) is 12.1 Å². The molecular weight excluding hydrogens is 469 g/mol. The second-order valence-electron chi connectivity index (χ2n) is 7.32. The number of halogens is 4. The molecule has 0 radical (unpaired) electrons. The molecule has 5 nitrogen and oxygen atoms in total. The lowest BCUT2D eigenvalue weighted by molar-refractivity contribution is -0.137. The van der Waals surface area contributed by atoms with Crippen molar-refractivity contribution in [3.8, 4) is 11.5 Å². The third-order valence-corrected chi connectivity index (χ3v) is 4.91. The molecule has 0 atom stereocenters. The van der Waals surface area contributed by atoms with Crippen molar-refractivity contribution in [2.45, 2.75) is 26.6 Å². The maximum absolute atomic E-state index is 12.8. The van der Waals surface area contributed by atoms with E-state index in [2.05, 4.69) is 10.5 Å². The molecule has 0 bridgehead atoms. The summed E-state index contributed by atoms with van der Waals surface area (Å²) in [6.45, 7) is 4.46. The van der Waals surface area contributed by atoms with Crippen LogP contribution in [0.1, 0.15) is 39.5 Å². The van der Waals surface area contributed by atoms with E-state index in [-0.39, 0.29) is 10.6 Å². The number of nitrogens with one attached hydrogen (secondary N) is 1. The van der Waals surface area contributed by atoms with E-state index in [0.717, 1.165) is 29.3 Å². The van der Waals surface area contributed by atoms with E-state index in [4.69, 9.17) is 21.1 Å². The van der Waals surface area contributed by atoms with Crippen LogP contribution in [-0.2, 0) is 12.8 Å². The van der Waals surface area contributed by atoms with Crippen LogP contribution in [0.3, 0.4) is 0 Å². The molecule has 178 valence electrons. The second-order valence-corrected chi connectivity index (χ2v) is 7.73. The van der Waals surface area contributed by atoms with Crippen molar-refractivity contribution in [3.05, 3.63) is 93.5 Å². The SMILES string of the molecule is CCOc1cc(/C=N\NC(=O)c2cccc(C(F)(F)F)c2)cc(Cl)c1OCc1cccc(C)c1. The van der Waals surface area contributed by atoms with Gasteiger partial charge in [-0.25, -0.2) is 5.43 Å². The first kappa shape index (κ1) is 25.1. The smallest absolute Gasteiger partial charge is 0.416 e. The molecule has 0 aliphatic carbocycles. The summed E-state index contributed by atoms with van der Waals surface area (Å²) in [4.78, 5) is 12.2. The molecular formula is C25H22ClF3N2O3. The highest BCUT2D eigenvalue weighted by atomic mass is 35.5. The number of hydrazone groups is 1. The van der Waals surface area contributed by atoms with Gasteiger partial charge in [0.05, 0.1) is 23.4 Å². The van der Waals surface area contributed by atoms with Gasteiger partial charge in [0, 0.05) is 5.56 Å². The third kappa shape index (κ3) is 6.74. The molecule has 0 unspecified atom stereocenters. The Morgan fingerprint density at radius 3 is 2.56 bits per heavy atom. The fourth-order valence-electron chi connectivity index (χ4n) is 3.09. The normalized spacial score (nSPS) is 11.5. The third-order valence-electron chi connectivity index (χ3n) is 4.63. The number of benzene rings is 3. The number of nitrogens with zero attached hydrogens (tertiary/aromatic N) is 1. The summed E-state index contributed by atoms with van der Waals surface area (Å²) in [5.41, 5.74) is 3.71. The predicted molar refractivity (Wildman–Crippen MR) is 125 cm³/mol. The number of amides is 1. The van der Waals surface area contributed by atoms with Gasteiger partial charge >= 0.3 is 6.18 Å². The fourth-order valence-corrected chi connectivity index (χ4v) is 3.36. The number of carbonyl (C=O) groups is 1. The zero-order chi connectivity index (χ0) is 24.7. The fraction of sp³-hybridized carbons (Fsp3) is 0.200. The van der Waals surface area contributed by atoms with Gasteiger partial charge in [-0.05, 0) is 55.3 Å². The summed E-state index contributed by atoms with van der Waals surface area (Å²) in [5, 5.41) is 4.11. The first-order chi connectivity index (χ1) is 16.2. The van der Waals surface area contributed by atoms with Gasteiger partial charge in [0.1, 0.15) is 6.61 Å². The van der Waals surface area contributed by atoms with Gasteiger partial charge in [0.15, 0.2) is 11.5 Å². The van der Waals surface area contributed by atoms with E-state index in [9.17, 15) is 18.0 Å². The van der Waals surface area contributed by atoms with Crippen molar-refractivity contribution in [2.75, 3.05) is 6.61 Å². The summed E-state index contributed by atoms with van der Waals surface area (Å²) in [6.07, 6.45) is -3.24. The molecule has 34 heavy (non-hydrogen) atoms. The van der Waals surface area contributed by atoms with Gasteiger partial charge in [-0.15, -0.1) is 0 Å². The Labute approximate surface area is 200 Å². The first-order valence-corrected chi connectivity index (χ1v) is 10.7. The average Bonchev–Trinajstić information content (AvgIpc) is 2.78. The summed E-state index contributed by atoms with van der Waals surface area (Å²) >= 11 is 6.40. The van der Waals surface area contributed by atoms with Crippen molar-refractivity contribution in [1.82, 2.24) is 5.43 Å². The number of rotatable bonds is 8. The number of hydrogen-bond acceptors (Lipinski definition) is 4. The molecule has 0 saturated carbocycles. The lowest BCUT2D eigenvalue weighted by atomic mass is 10.1. The van der Waals surface area contributed by atoms with Crippen LogP contribution in [0.15, 0.2) is 65.8 Å². The Balaban J connectivity index is 1.72. The van der Waals surface area contributed by atoms with Crippen molar-refractivity contribution in [2.24, 2.45) is 5.10 Å². The van der Waals surface area contributed by atoms with Crippen LogP contribution in [-0.4, -0.2) is 18.7 Å². The zero-order valence-corrected chi connectivity index (χ0v) is 19.2. The molecule has 0 aromatic heterocycles. The molecule has 0 spiro atoms. The number of aryl methyl sites for hydroxylation is 1. The van der Waals surface area contributed by atoms with Gasteiger partial charge in [-0.3, -0.25) is 4.79 Å². The van der Waals surface area contributed by atoms with E-state index >= 15 is 0 Å². The number of ether oxygens (including phenoxy) is 2. The van der Waals surface area contributed by atoms with E-state index < -0.39 is 17.6 Å². The number of alkyl halides is 3. The topological polar surface area (TPSA) is 59.9 Å².